The van der Waals surface area contributed by atoms with E-state index in [1.807, 2.05) is 18.2 Å². The Kier molecular flexibility index (Phi) is 4.53. The first-order valence-electron chi connectivity index (χ1n) is 7.84. The van der Waals surface area contributed by atoms with Crippen LogP contribution in [0.5, 0.6) is 0 Å². The summed E-state index contributed by atoms with van der Waals surface area (Å²) in [6.07, 6.45) is 1.68. The predicted octanol–water partition coefficient (Wildman–Crippen LogP) is 3.02. The van der Waals surface area contributed by atoms with Gasteiger partial charge in [-0.25, -0.2) is 0 Å². The molecule has 2 atom stereocenters. The van der Waals surface area contributed by atoms with Crippen molar-refractivity contribution >= 4 is 17.4 Å². The number of aliphatic hydroxyl groups excluding tert-OH is 1. The summed E-state index contributed by atoms with van der Waals surface area (Å²) in [6, 6.07) is 15.9. The molecule has 23 heavy (non-hydrogen) atoms. The Balaban J connectivity index is 1.75. The van der Waals surface area contributed by atoms with Crippen LogP contribution < -0.4 is 5.32 Å². The quantitative estimate of drug-likeness (QED) is 0.853. The lowest BCUT2D eigenvalue weighted by Gasteiger charge is -2.14. The summed E-state index contributed by atoms with van der Waals surface area (Å²) in [5, 5.41) is 12.6. The number of rotatable bonds is 4. The van der Waals surface area contributed by atoms with Gasteiger partial charge in [-0.15, -0.1) is 0 Å². The third-order valence-corrected chi connectivity index (χ3v) is 4.24. The molecule has 1 amide bonds. The van der Waals surface area contributed by atoms with Crippen LogP contribution in [0.15, 0.2) is 54.6 Å². The number of nitrogens with one attached hydrogen (secondary N) is 1. The van der Waals surface area contributed by atoms with Gasteiger partial charge in [0, 0.05) is 16.8 Å². The molecule has 2 N–H and O–H groups in total. The van der Waals surface area contributed by atoms with Crippen molar-refractivity contribution in [2.24, 2.45) is 5.92 Å². The molecule has 2 aromatic carbocycles. The smallest absolute Gasteiger partial charge is 0.230 e. The van der Waals surface area contributed by atoms with E-state index < -0.39 is 6.10 Å². The first-order chi connectivity index (χ1) is 11.1. The Labute approximate surface area is 135 Å². The molecule has 2 aromatic rings. The zero-order valence-electron chi connectivity index (χ0n) is 12.7. The number of aliphatic hydroxyl groups is 1. The lowest BCUT2D eigenvalue weighted by atomic mass is 10.0. The largest absolute Gasteiger partial charge is 0.392 e. The number of hydrogen-bond acceptors (Lipinski definition) is 3. The molecular weight excluding hydrogens is 290 g/mol. The second-order valence-electron chi connectivity index (χ2n) is 5.87. The summed E-state index contributed by atoms with van der Waals surface area (Å²) in [5.41, 5.74) is 1.72. The normalized spacial score (nSPS) is 20.2. The number of carbonyl (C=O) groups is 2. The van der Waals surface area contributed by atoms with Crippen LogP contribution >= 0.6 is 0 Å². The van der Waals surface area contributed by atoms with Crippen LogP contribution in [0.4, 0.5) is 5.69 Å². The van der Waals surface area contributed by atoms with Crippen molar-refractivity contribution in [1.82, 2.24) is 0 Å². The molecule has 0 heterocycles. The summed E-state index contributed by atoms with van der Waals surface area (Å²) in [6.45, 7) is 0. The van der Waals surface area contributed by atoms with E-state index in [4.69, 9.17) is 0 Å². The van der Waals surface area contributed by atoms with Gasteiger partial charge in [0.15, 0.2) is 5.78 Å². The van der Waals surface area contributed by atoms with Gasteiger partial charge in [0.2, 0.25) is 5.91 Å². The number of benzene rings is 2. The first-order valence-corrected chi connectivity index (χ1v) is 7.84. The maximum atomic E-state index is 12.4. The van der Waals surface area contributed by atoms with E-state index in [0.717, 1.165) is 6.42 Å². The molecule has 1 saturated carbocycles. The van der Waals surface area contributed by atoms with Gasteiger partial charge < -0.3 is 10.4 Å². The van der Waals surface area contributed by atoms with E-state index in [0.29, 0.717) is 29.7 Å². The molecule has 0 radical (unpaired) electrons. The fourth-order valence-electron chi connectivity index (χ4n) is 2.98. The summed E-state index contributed by atoms with van der Waals surface area (Å²) in [5.74, 6) is -0.620. The molecule has 0 aliphatic heterocycles. The average molecular weight is 309 g/mol. The van der Waals surface area contributed by atoms with E-state index in [2.05, 4.69) is 5.32 Å². The van der Waals surface area contributed by atoms with E-state index in [9.17, 15) is 14.7 Å². The topological polar surface area (TPSA) is 66.4 Å². The lowest BCUT2D eigenvalue weighted by molar-refractivity contribution is -0.122. The standard InChI is InChI=1S/C19H19NO3/c21-17-11-5-10-16(17)19(23)20-15-9-4-8-14(12-15)18(22)13-6-2-1-3-7-13/h1-4,6-9,12,16-17,21H,5,10-11H2,(H,20,23). The average Bonchev–Trinajstić information content (AvgIpc) is 3.01. The zero-order valence-corrected chi connectivity index (χ0v) is 12.7. The molecule has 1 fully saturated rings. The molecule has 0 bridgehead atoms. The highest BCUT2D eigenvalue weighted by atomic mass is 16.3. The fourth-order valence-corrected chi connectivity index (χ4v) is 2.98. The highest BCUT2D eigenvalue weighted by Gasteiger charge is 2.31. The number of carbonyl (C=O) groups excluding carboxylic acids is 2. The van der Waals surface area contributed by atoms with Gasteiger partial charge in [0.05, 0.1) is 12.0 Å². The Morgan fingerprint density at radius 2 is 1.70 bits per heavy atom. The molecule has 1 aliphatic rings. The highest BCUT2D eigenvalue weighted by molar-refractivity contribution is 6.09. The highest BCUT2D eigenvalue weighted by Crippen LogP contribution is 2.27. The van der Waals surface area contributed by atoms with Crippen molar-refractivity contribution in [1.29, 1.82) is 0 Å². The molecular formula is C19H19NO3. The minimum Gasteiger partial charge on any atom is -0.392 e. The summed E-state index contributed by atoms with van der Waals surface area (Å²) >= 11 is 0. The van der Waals surface area contributed by atoms with Gasteiger partial charge in [-0.1, -0.05) is 42.5 Å². The molecule has 4 nitrogen and oxygen atoms in total. The minimum atomic E-state index is -0.566. The van der Waals surface area contributed by atoms with Crippen molar-refractivity contribution in [2.75, 3.05) is 5.32 Å². The van der Waals surface area contributed by atoms with Crippen molar-refractivity contribution in [3.8, 4) is 0 Å². The number of amides is 1. The van der Waals surface area contributed by atoms with Gasteiger partial charge in [-0.2, -0.15) is 0 Å². The summed E-state index contributed by atoms with van der Waals surface area (Å²) in [4.78, 5) is 24.7. The predicted molar refractivity (Wildman–Crippen MR) is 88.3 cm³/mol. The van der Waals surface area contributed by atoms with Crippen molar-refractivity contribution in [2.45, 2.75) is 25.4 Å². The number of ketones is 1. The Morgan fingerprint density at radius 1 is 0.957 bits per heavy atom. The second-order valence-corrected chi connectivity index (χ2v) is 5.87. The van der Waals surface area contributed by atoms with Crippen LogP contribution in [0.3, 0.4) is 0 Å². The Bertz CT molecular complexity index is 712. The summed E-state index contributed by atoms with van der Waals surface area (Å²) < 4.78 is 0. The molecule has 3 rings (SSSR count). The van der Waals surface area contributed by atoms with Gasteiger partial charge in [-0.05, 0) is 31.4 Å². The first kappa shape index (κ1) is 15.4. The zero-order chi connectivity index (χ0) is 16.2. The van der Waals surface area contributed by atoms with Crippen LogP contribution in [-0.4, -0.2) is 22.9 Å². The van der Waals surface area contributed by atoms with Crippen LogP contribution in [0.1, 0.15) is 35.2 Å². The lowest BCUT2D eigenvalue weighted by Crippen LogP contribution is -2.28. The Hall–Kier alpha value is -2.46. The maximum absolute atomic E-state index is 12.4. The monoisotopic (exact) mass is 309 g/mol. The van der Waals surface area contributed by atoms with E-state index in [1.165, 1.54) is 0 Å². The van der Waals surface area contributed by atoms with Crippen molar-refractivity contribution in [3.05, 3.63) is 65.7 Å². The molecule has 0 aromatic heterocycles. The van der Waals surface area contributed by atoms with E-state index in [-0.39, 0.29) is 17.6 Å². The maximum Gasteiger partial charge on any atom is 0.230 e. The molecule has 2 unspecified atom stereocenters. The molecule has 0 spiro atoms. The van der Waals surface area contributed by atoms with E-state index in [1.54, 1.807) is 36.4 Å². The fraction of sp³-hybridized carbons (Fsp3) is 0.263. The third-order valence-electron chi connectivity index (χ3n) is 4.24. The molecule has 0 saturated heterocycles. The van der Waals surface area contributed by atoms with Crippen LogP contribution in [-0.2, 0) is 4.79 Å². The SMILES string of the molecule is O=C(c1ccccc1)c1cccc(NC(=O)C2CCCC2O)c1. The Morgan fingerprint density at radius 3 is 2.39 bits per heavy atom. The molecule has 1 aliphatic carbocycles. The minimum absolute atomic E-state index is 0.0809. The number of anilines is 1. The van der Waals surface area contributed by atoms with Crippen molar-refractivity contribution < 1.29 is 14.7 Å². The second kappa shape index (κ2) is 6.75. The molecule has 118 valence electrons. The van der Waals surface area contributed by atoms with Crippen molar-refractivity contribution in [3.63, 3.8) is 0 Å². The van der Waals surface area contributed by atoms with Gasteiger partial charge in [-0.3, -0.25) is 9.59 Å². The van der Waals surface area contributed by atoms with Crippen LogP contribution in [0.2, 0.25) is 0 Å². The van der Waals surface area contributed by atoms with Crippen LogP contribution in [0.25, 0.3) is 0 Å². The van der Waals surface area contributed by atoms with Gasteiger partial charge in [0.1, 0.15) is 0 Å². The summed E-state index contributed by atoms with van der Waals surface area (Å²) in [7, 11) is 0. The number of hydrogen-bond donors (Lipinski definition) is 2. The van der Waals surface area contributed by atoms with Gasteiger partial charge in [0.25, 0.3) is 0 Å². The molecule has 4 heteroatoms. The van der Waals surface area contributed by atoms with E-state index >= 15 is 0 Å². The third kappa shape index (κ3) is 3.48. The van der Waals surface area contributed by atoms with Crippen LogP contribution in [0, 0.1) is 5.92 Å². The van der Waals surface area contributed by atoms with Gasteiger partial charge >= 0.3 is 0 Å².